The van der Waals surface area contributed by atoms with Gasteiger partial charge in [-0.25, -0.2) is 0 Å². The molecule has 0 amide bonds. The number of carboxylic acid groups (broad SMARTS) is 1. The molecule has 0 aromatic heterocycles. The Morgan fingerprint density at radius 2 is 2.40 bits per heavy atom. The molecule has 0 aliphatic carbocycles. The average molecular weight is 277 g/mol. The fourth-order valence-corrected chi connectivity index (χ4v) is 2.14. The highest BCUT2D eigenvalue weighted by Crippen LogP contribution is 2.16. The van der Waals surface area contributed by atoms with Gasteiger partial charge in [0.05, 0.1) is 12.8 Å². The number of carboxylic acids is 1. The summed E-state index contributed by atoms with van der Waals surface area (Å²) in [4.78, 5) is 10.8. The molecule has 1 fully saturated rings. The topological polar surface area (TPSA) is 96.6 Å². The van der Waals surface area contributed by atoms with E-state index in [0.717, 1.165) is 11.3 Å². The van der Waals surface area contributed by atoms with Crippen LogP contribution in [-0.2, 0) is 4.79 Å². The number of aliphatic carboxylic acids is 1. The van der Waals surface area contributed by atoms with Crippen molar-refractivity contribution in [2.75, 3.05) is 13.7 Å². The maximum Gasteiger partial charge on any atom is 0.320 e. The Bertz CT molecular complexity index is 516. The first-order valence-electron chi connectivity index (χ1n) is 6.42. The Morgan fingerprint density at radius 3 is 3.05 bits per heavy atom. The summed E-state index contributed by atoms with van der Waals surface area (Å²) in [6.45, 7) is 0.610. The Labute approximate surface area is 117 Å². The number of rotatable bonds is 5. The van der Waals surface area contributed by atoms with Gasteiger partial charge in [-0.2, -0.15) is 0 Å². The first-order chi connectivity index (χ1) is 9.60. The van der Waals surface area contributed by atoms with Gasteiger partial charge in [-0.15, -0.1) is 0 Å². The van der Waals surface area contributed by atoms with Gasteiger partial charge in [0.1, 0.15) is 11.8 Å². The Morgan fingerprint density at radius 1 is 1.60 bits per heavy atom. The fourth-order valence-electron chi connectivity index (χ4n) is 2.14. The molecule has 5 N–H and O–H groups in total. The quantitative estimate of drug-likeness (QED) is 0.620. The van der Waals surface area contributed by atoms with Crippen LogP contribution in [0.4, 0.5) is 0 Å². The molecule has 0 spiro atoms. The first kappa shape index (κ1) is 14.2. The van der Waals surface area contributed by atoms with Crippen molar-refractivity contribution in [2.24, 2.45) is 5.73 Å². The van der Waals surface area contributed by atoms with Crippen molar-refractivity contribution in [3.05, 3.63) is 36.0 Å². The van der Waals surface area contributed by atoms with Crippen LogP contribution in [0.15, 0.2) is 30.5 Å². The molecule has 2 rings (SSSR count). The Hall–Kier alpha value is -2.21. The minimum absolute atomic E-state index is 0.0697. The molecular weight excluding hydrogens is 258 g/mol. The molecule has 2 atom stereocenters. The second kappa shape index (κ2) is 6.29. The molecule has 1 saturated heterocycles. The van der Waals surface area contributed by atoms with Gasteiger partial charge < -0.3 is 26.2 Å². The van der Waals surface area contributed by atoms with Crippen LogP contribution in [0.5, 0.6) is 5.75 Å². The zero-order valence-electron chi connectivity index (χ0n) is 11.3. The summed E-state index contributed by atoms with van der Waals surface area (Å²) in [5.41, 5.74) is 7.44. The minimum Gasteiger partial charge on any atom is -0.497 e. The second-order valence-corrected chi connectivity index (χ2v) is 4.73. The number of hydrogen-bond acceptors (Lipinski definition) is 5. The third-order valence-electron chi connectivity index (χ3n) is 3.31. The highest BCUT2D eigenvalue weighted by Gasteiger charge is 2.28. The van der Waals surface area contributed by atoms with E-state index in [1.165, 1.54) is 0 Å². The van der Waals surface area contributed by atoms with E-state index >= 15 is 0 Å². The summed E-state index contributed by atoms with van der Waals surface area (Å²) >= 11 is 0. The summed E-state index contributed by atoms with van der Waals surface area (Å²) in [6.07, 6.45) is 2.25. The van der Waals surface area contributed by atoms with Crippen molar-refractivity contribution in [3.63, 3.8) is 0 Å². The maximum atomic E-state index is 10.8. The van der Waals surface area contributed by atoms with E-state index in [-0.39, 0.29) is 6.04 Å². The molecule has 108 valence electrons. The second-order valence-electron chi connectivity index (χ2n) is 4.73. The molecule has 1 heterocycles. The molecule has 6 nitrogen and oxygen atoms in total. The maximum absolute atomic E-state index is 10.8. The van der Waals surface area contributed by atoms with Gasteiger partial charge in [-0.3, -0.25) is 4.79 Å². The van der Waals surface area contributed by atoms with Crippen molar-refractivity contribution < 1.29 is 14.6 Å². The molecule has 1 aliphatic heterocycles. The standard InChI is InChI=1S/C14H19N3O3/c1-20-11-4-2-3-9(5-11)12(15)8-16-10-6-13(14(18)19)17-7-10/h2-5,8,10,13,16-17H,6-7,15H2,1H3,(H,18,19)/b12-8-. The molecule has 1 aromatic rings. The lowest BCUT2D eigenvalue weighted by Crippen LogP contribution is -2.30. The highest BCUT2D eigenvalue weighted by atomic mass is 16.5. The van der Waals surface area contributed by atoms with Crippen molar-refractivity contribution in [3.8, 4) is 5.75 Å². The van der Waals surface area contributed by atoms with E-state index in [4.69, 9.17) is 15.6 Å². The fraction of sp³-hybridized carbons (Fsp3) is 0.357. The van der Waals surface area contributed by atoms with Crippen LogP contribution >= 0.6 is 0 Å². The molecule has 0 radical (unpaired) electrons. The van der Waals surface area contributed by atoms with E-state index in [1.54, 1.807) is 13.3 Å². The van der Waals surface area contributed by atoms with Crippen molar-refractivity contribution in [1.29, 1.82) is 0 Å². The SMILES string of the molecule is COc1cccc(/C(N)=C/NC2CNC(C(=O)O)C2)c1. The lowest BCUT2D eigenvalue weighted by molar-refractivity contribution is -0.139. The number of nitrogens with one attached hydrogen (secondary N) is 2. The van der Waals surface area contributed by atoms with Gasteiger partial charge in [-0.1, -0.05) is 12.1 Å². The highest BCUT2D eigenvalue weighted by molar-refractivity contribution is 5.74. The van der Waals surface area contributed by atoms with Crippen LogP contribution in [0.25, 0.3) is 5.70 Å². The molecule has 1 aliphatic rings. The number of ether oxygens (including phenoxy) is 1. The van der Waals surface area contributed by atoms with Crippen molar-refractivity contribution in [1.82, 2.24) is 10.6 Å². The number of nitrogens with two attached hydrogens (primary N) is 1. The molecular formula is C14H19N3O3. The number of benzene rings is 1. The largest absolute Gasteiger partial charge is 0.497 e. The summed E-state index contributed by atoms with van der Waals surface area (Å²) in [7, 11) is 1.60. The zero-order chi connectivity index (χ0) is 14.5. The first-order valence-corrected chi connectivity index (χ1v) is 6.42. The average Bonchev–Trinajstić information content (AvgIpc) is 2.94. The summed E-state index contributed by atoms with van der Waals surface area (Å²) in [5, 5.41) is 15.0. The van der Waals surface area contributed by atoms with Gasteiger partial charge in [0.15, 0.2) is 0 Å². The van der Waals surface area contributed by atoms with Gasteiger partial charge in [0.25, 0.3) is 0 Å². The van der Waals surface area contributed by atoms with E-state index in [1.807, 2.05) is 24.3 Å². The minimum atomic E-state index is -0.820. The third-order valence-corrected chi connectivity index (χ3v) is 3.31. The third kappa shape index (κ3) is 3.42. The van der Waals surface area contributed by atoms with Gasteiger partial charge in [0.2, 0.25) is 0 Å². The lowest BCUT2D eigenvalue weighted by Gasteiger charge is -2.10. The monoisotopic (exact) mass is 277 g/mol. The zero-order valence-corrected chi connectivity index (χ0v) is 11.3. The molecule has 0 bridgehead atoms. The van der Waals surface area contributed by atoms with Gasteiger partial charge >= 0.3 is 5.97 Å². The lowest BCUT2D eigenvalue weighted by atomic mass is 10.1. The Balaban J connectivity index is 1.95. The predicted molar refractivity (Wildman–Crippen MR) is 76.1 cm³/mol. The summed E-state index contributed by atoms with van der Waals surface area (Å²) in [6, 6.07) is 7.04. The van der Waals surface area contributed by atoms with E-state index in [0.29, 0.717) is 18.7 Å². The van der Waals surface area contributed by atoms with Gasteiger partial charge in [-0.05, 0) is 18.6 Å². The molecule has 2 unspecified atom stereocenters. The molecule has 1 aromatic carbocycles. The Kier molecular flexibility index (Phi) is 4.47. The van der Waals surface area contributed by atoms with Crippen molar-refractivity contribution in [2.45, 2.75) is 18.5 Å². The van der Waals surface area contributed by atoms with E-state index in [9.17, 15) is 4.79 Å². The van der Waals surface area contributed by atoms with Gasteiger partial charge in [0, 0.05) is 24.4 Å². The smallest absolute Gasteiger partial charge is 0.320 e. The molecule has 6 heteroatoms. The molecule has 0 saturated carbocycles. The van der Waals surface area contributed by atoms with Crippen LogP contribution in [0.3, 0.4) is 0 Å². The van der Waals surface area contributed by atoms with Crippen molar-refractivity contribution >= 4 is 11.7 Å². The summed E-state index contributed by atoms with van der Waals surface area (Å²) < 4.78 is 5.14. The number of carbonyl (C=O) groups is 1. The van der Waals surface area contributed by atoms with Crippen LogP contribution < -0.4 is 21.1 Å². The van der Waals surface area contributed by atoms with E-state index < -0.39 is 12.0 Å². The van der Waals surface area contributed by atoms with Crippen LogP contribution in [0.2, 0.25) is 0 Å². The molecule has 20 heavy (non-hydrogen) atoms. The summed E-state index contributed by atoms with van der Waals surface area (Å²) in [5.74, 6) is -0.0774. The predicted octanol–water partition coefficient (Wildman–Crippen LogP) is 0.357. The van der Waals surface area contributed by atoms with E-state index in [2.05, 4.69) is 10.6 Å². The number of methoxy groups -OCH3 is 1. The van der Waals surface area contributed by atoms with Crippen LogP contribution in [0, 0.1) is 0 Å². The van der Waals surface area contributed by atoms with Crippen LogP contribution in [-0.4, -0.2) is 36.8 Å². The normalized spacial score (nSPS) is 22.6. The number of hydrogen-bond donors (Lipinski definition) is 4. The van der Waals surface area contributed by atoms with Crippen LogP contribution in [0.1, 0.15) is 12.0 Å².